The third-order valence-electron chi connectivity index (χ3n) is 6.33. The standard InChI is InChI=1S/C26H33N3O6/c1-15(2)24-16(3)6-4-9-22(24)35-14-23(31)27-18-7-5-8-19(13-18)28-26(34)29-20-11-10-17(25(32)33)12-21(20)30/h5,7-8,10-13,15-16,22,24,30H,4,6,9,14H2,1-3H3,(H,27,31)(H,32,33)(H2,28,29,34). The van der Waals surface area contributed by atoms with Gasteiger partial charge < -0.3 is 30.9 Å². The summed E-state index contributed by atoms with van der Waals surface area (Å²) in [6, 6.07) is 9.62. The van der Waals surface area contributed by atoms with E-state index in [1.807, 2.05) is 0 Å². The molecule has 0 radical (unpaired) electrons. The van der Waals surface area contributed by atoms with Crippen molar-refractivity contribution in [3.05, 3.63) is 48.0 Å². The Bertz CT molecular complexity index is 1070. The second-order valence-corrected chi connectivity index (χ2v) is 9.32. The number of aromatic hydroxyl groups is 1. The fourth-order valence-electron chi connectivity index (χ4n) is 4.78. The number of amides is 3. The maximum absolute atomic E-state index is 12.5. The lowest BCUT2D eigenvalue weighted by Gasteiger charge is -2.38. The van der Waals surface area contributed by atoms with Crippen molar-refractivity contribution >= 4 is 35.0 Å². The van der Waals surface area contributed by atoms with Crippen molar-refractivity contribution in [3.63, 3.8) is 0 Å². The number of carboxylic acid groups (broad SMARTS) is 1. The highest BCUT2D eigenvalue weighted by atomic mass is 16.5. The van der Waals surface area contributed by atoms with Crippen molar-refractivity contribution < 1.29 is 29.3 Å². The summed E-state index contributed by atoms with van der Waals surface area (Å²) in [5, 5.41) is 26.8. The van der Waals surface area contributed by atoms with Gasteiger partial charge in [0.1, 0.15) is 12.4 Å². The summed E-state index contributed by atoms with van der Waals surface area (Å²) in [5.41, 5.74) is 0.885. The van der Waals surface area contributed by atoms with Gasteiger partial charge in [-0.25, -0.2) is 9.59 Å². The van der Waals surface area contributed by atoms with Crippen LogP contribution in [0.1, 0.15) is 50.4 Å². The predicted molar refractivity (Wildman–Crippen MR) is 134 cm³/mol. The third-order valence-corrected chi connectivity index (χ3v) is 6.33. The zero-order valence-corrected chi connectivity index (χ0v) is 20.2. The maximum Gasteiger partial charge on any atom is 0.335 e. The van der Waals surface area contributed by atoms with E-state index >= 15 is 0 Å². The highest BCUT2D eigenvalue weighted by Crippen LogP contribution is 2.36. The molecule has 1 aliphatic rings. The Kier molecular flexibility index (Phi) is 8.70. The Morgan fingerprint density at radius 2 is 1.74 bits per heavy atom. The van der Waals surface area contributed by atoms with Crippen LogP contribution in [-0.2, 0) is 9.53 Å². The second kappa shape index (κ2) is 11.7. The molecule has 35 heavy (non-hydrogen) atoms. The number of nitrogens with one attached hydrogen (secondary N) is 3. The Morgan fingerprint density at radius 1 is 1.03 bits per heavy atom. The number of phenols is 1. The molecule has 2 aromatic carbocycles. The van der Waals surface area contributed by atoms with E-state index < -0.39 is 12.0 Å². The van der Waals surface area contributed by atoms with Gasteiger partial charge in [0.25, 0.3) is 0 Å². The van der Waals surface area contributed by atoms with E-state index in [0.717, 1.165) is 18.9 Å². The second-order valence-electron chi connectivity index (χ2n) is 9.32. The van der Waals surface area contributed by atoms with Gasteiger partial charge in [0.05, 0.1) is 17.4 Å². The van der Waals surface area contributed by atoms with E-state index in [-0.39, 0.29) is 35.6 Å². The molecule has 0 aliphatic heterocycles. The molecule has 188 valence electrons. The van der Waals surface area contributed by atoms with Crippen LogP contribution in [0.4, 0.5) is 21.9 Å². The van der Waals surface area contributed by atoms with E-state index in [2.05, 4.69) is 36.7 Å². The number of rotatable bonds is 8. The number of hydrogen-bond donors (Lipinski definition) is 5. The highest BCUT2D eigenvalue weighted by Gasteiger charge is 2.33. The molecule has 1 fully saturated rings. The van der Waals surface area contributed by atoms with E-state index in [4.69, 9.17) is 9.84 Å². The Balaban J connectivity index is 1.53. The number of urea groups is 1. The van der Waals surface area contributed by atoms with Gasteiger partial charge in [-0.3, -0.25) is 4.79 Å². The molecule has 0 spiro atoms. The van der Waals surface area contributed by atoms with Crippen molar-refractivity contribution in [1.29, 1.82) is 0 Å². The van der Waals surface area contributed by atoms with Crippen molar-refractivity contribution in [2.24, 2.45) is 17.8 Å². The Morgan fingerprint density at radius 3 is 2.40 bits per heavy atom. The largest absolute Gasteiger partial charge is 0.506 e. The van der Waals surface area contributed by atoms with Crippen molar-refractivity contribution in [2.75, 3.05) is 22.6 Å². The quantitative estimate of drug-likeness (QED) is 0.329. The monoisotopic (exact) mass is 483 g/mol. The molecule has 0 heterocycles. The molecular weight excluding hydrogens is 450 g/mol. The number of carboxylic acids is 1. The SMILES string of the molecule is CC(C)C1C(C)CCCC1OCC(=O)Nc1cccc(NC(=O)Nc2ccc(C(=O)O)cc2O)c1. The molecule has 0 saturated heterocycles. The third kappa shape index (κ3) is 7.19. The lowest BCUT2D eigenvalue weighted by atomic mass is 9.72. The molecular formula is C26H33N3O6. The van der Waals surface area contributed by atoms with Crippen LogP contribution in [0, 0.1) is 17.8 Å². The molecule has 1 aliphatic carbocycles. The lowest BCUT2D eigenvalue weighted by molar-refractivity contribution is -0.126. The van der Waals surface area contributed by atoms with E-state index in [1.54, 1.807) is 24.3 Å². The fraction of sp³-hybridized carbons (Fsp3) is 0.423. The first kappa shape index (κ1) is 26.0. The van der Waals surface area contributed by atoms with Crippen molar-refractivity contribution in [1.82, 2.24) is 0 Å². The zero-order valence-electron chi connectivity index (χ0n) is 20.2. The zero-order chi connectivity index (χ0) is 25.5. The number of carbonyl (C=O) groups excluding carboxylic acids is 2. The summed E-state index contributed by atoms with van der Waals surface area (Å²) in [5.74, 6) is -0.327. The molecule has 0 aromatic heterocycles. The topological polar surface area (TPSA) is 137 Å². The molecule has 2 aromatic rings. The Labute approximate surface area is 204 Å². The highest BCUT2D eigenvalue weighted by molar-refractivity contribution is 6.02. The van der Waals surface area contributed by atoms with Gasteiger partial charge in [-0.05, 0) is 60.6 Å². The van der Waals surface area contributed by atoms with E-state index in [0.29, 0.717) is 29.1 Å². The van der Waals surface area contributed by atoms with Gasteiger partial charge in [-0.15, -0.1) is 0 Å². The van der Waals surface area contributed by atoms with E-state index in [9.17, 15) is 19.5 Å². The van der Waals surface area contributed by atoms with Crippen LogP contribution < -0.4 is 16.0 Å². The fourth-order valence-corrected chi connectivity index (χ4v) is 4.78. The lowest BCUT2D eigenvalue weighted by Crippen LogP contribution is -2.38. The molecule has 3 unspecified atom stereocenters. The first-order valence-corrected chi connectivity index (χ1v) is 11.8. The summed E-state index contributed by atoms with van der Waals surface area (Å²) in [4.78, 5) is 35.8. The summed E-state index contributed by atoms with van der Waals surface area (Å²) in [6.45, 7) is 6.61. The number of benzene rings is 2. The van der Waals surface area contributed by atoms with Gasteiger partial charge in [0.2, 0.25) is 5.91 Å². The molecule has 3 atom stereocenters. The number of phenolic OH excluding ortho intramolecular Hbond substituents is 1. The minimum absolute atomic E-state index is 0.0373. The summed E-state index contributed by atoms with van der Waals surface area (Å²) in [6.07, 6.45) is 3.33. The molecule has 0 bridgehead atoms. The summed E-state index contributed by atoms with van der Waals surface area (Å²) < 4.78 is 6.00. The number of hydrogen-bond acceptors (Lipinski definition) is 5. The summed E-state index contributed by atoms with van der Waals surface area (Å²) in [7, 11) is 0. The average molecular weight is 484 g/mol. The van der Waals surface area contributed by atoms with Crippen LogP contribution in [0.15, 0.2) is 42.5 Å². The maximum atomic E-state index is 12.5. The first-order valence-electron chi connectivity index (χ1n) is 11.8. The minimum Gasteiger partial charge on any atom is -0.506 e. The number of aromatic carboxylic acids is 1. The van der Waals surface area contributed by atoms with Crippen LogP contribution >= 0.6 is 0 Å². The van der Waals surface area contributed by atoms with Gasteiger partial charge >= 0.3 is 12.0 Å². The van der Waals surface area contributed by atoms with Crippen LogP contribution in [-0.4, -0.2) is 40.8 Å². The molecule has 5 N–H and O–H groups in total. The smallest absolute Gasteiger partial charge is 0.335 e. The van der Waals surface area contributed by atoms with Crippen molar-refractivity contribution in [2.45, 2.75) is 46.1 Å². The van der Waals surface area contributed by atoms with Crippen LogP contribution in [0.3, 0.4) is 0 Å². The predicted octanol–water partition coefficient (Wildman–Crippen LogP) is 5.15. The number of carbonyl (C=O) groups is 3. The van der Waals surface area contributed by atoms with Crippen LogP contribution in [0.5, 0.6) is 5.75 Å². The van der Waals surface area contributed by atoms with Gasteiger partial charge in [-0.2, -0.15) is 0 Å². The normalized spacial score (nSPS) is 19.7. The van der Waals surface area contributed by atoms with Crippen LogP contribution in [0.25, 0.3) is 0 Å². The molecule has 1 saturated carbocycles. The van der Waals surface area contributed by atoms with E-state index in [1.165, 1.54) is 18.6 Å². The average Bonchev–Trinajstić information content (AvgIpc) is 2.78. The molecule has 3 rings (SSSR count). The number of anilines is 3. The van der Waals surface area contributed by atoms with Gasteiger partial charge in [-0.1, -0.05) is 39.7 Å². The first-order chi connectivity index (χ1) is 16.6. The van der Waals surface area contributed by atoms with Gasteiger partial charge in [0, 0.05) is 11.4 Å². The summed E-state index contributed by atoms with van der Waals surface area (Å²) >= 11 is 0. The number of ether oxygens (including phenoxy) is 1. The minimum atomic E-state index is -1.19. The molecule has 9 nitrogen and oxygen atoms in total. The van der Waals surface area contributed by atoms with Crippen LogP contribution in [0.2, 0.25) is 0 Å². The molecule has 3 amide bonds. The van der Waals surface area contributed by atoms with Crippen molar-refractivity contribution in [3.8, 4) is 5.75 Å². The Hall–Kier alpha value is -3.59. The van der Waals surface area contributed by atoms with Gasteiger partial charge in [0.15, 0.2) is 0 Å². The molecule has 9 heteroatoms.